The van der Waals surface area contributed by atoms with Crippen LogP contribution in [0.15, 0.2) is 0 Å². The predicted molar refractivity (Wildman–Crippen MR) is 41.4 cm³/mol. The minimum absolute atomic E-state index is 0.173. The van der Waals surface area contributed by atoms with Gasteiger partial charge in [-0.1, -0.05) is 0 Å². The van der Waals surface area contributed by atoms with Crippen molar-refractivity contribution in [3.8, 4) is 0 Å². The molecule has 10 heavy (non-hydrogen) atoms. The lowest BCUT2D eigenvalue weighted by atomic mass is 10.3. The van der Waals surface area contributed by atoms with Crippen LogP contribution < -0.4 is 3.53 Å². The van der Waals surface area contributed by atoms with E-state index in [4.69, 9.17) is 5.11 Å². The summed E-state index contributed by atoms with van der Waals surface area (Å²) in [5.41, 5.74) is 0. The molecule has 0 heterocycles. The van der Waals surface area contributed by atoms with Crippen LogP contribution in [0.4, 0.5) is 0 Å². The van der Waals surface area contributed by atoms with Crippen molar-refractivity contribution in [1.29, 1.82) is 0 Å². The summed E-state index contributed by atoms with van der Waals surface area (Å²) in [5.74, 6) is -1.76. The van der Waals surface area contributed by atoms with E-state index in [1.165, 1.54) is 0 Å². The Balaban J connectivity index is 2.38. The van der Waals surface area contributed by atoms with Gasteiger partial charge in [0.05, 0.1) is 34.7 Å². The molecule has 1 amide bonds. The summed E-state index contributed by atoms with van der Waals surface area (Å²) in [5, 5.41) is 8.39. The number of rotatable bonds is 2. The monoisotopic (exact) mass is 255 g/mol. The molecule has 2 unspecified atom stereocenters. The van der Waals surface area contributed by atoms with Crippen LogP contribution in [0.2, 0.25) is 0 Å². The Kier molecular flexibility index (Phi) is 2.12. The van der Waals surface area contributed by atoms with Gasteiger partial charge in [0.25, 0.3) is 0 Å². The van der Waals surface area contributed by atoms with Gasteiger partial charge in [-0.3, -0.25) is 13.1 Å². The molecular formula is C5H6INO3. The van der Waals surface area contributed by atoms with Crippen LogP contribution in [-0.2, 0) is 9.59 Å². The number of carboxylic acid groups (broad SMARTS) is 1. The van der Waals surface area contributed by atoms with E-state index in [1.807, 2.05) is 0 Å². The summed E-state index contributed by atoms with van der Waals surface area (Å²) in [6, 6.07) is 0. The molecule has 5 heteroatoms. The highest BCUT2D eigenvalue weighted by Crippen LogP contribution is 2.38. The zero-order valence-electron chi connectivity index (χ0n) is 5.00. The van der Waals surface area contributed by atoms with Gasteiger partial charge in [-0.05, 0) is 6.42 Å². The van der Waals surface area contributed by atoms with Gasteiger partial charge in [0.15, 0.2) is 0 Å². The number of amides is 1. The summed E-state index contributed by atoms with van der Waals surface area (Å²) in [6.45, 7) is 0. The summed E-state index contributed by atoms with van der Waals surface area (Å²) in [7, 11) is 0. The summed E-state index contributed by atoms with van der Waals surface area (Å²) >= 11 is 1.71. The molecule has 2 N–H and O–H groups in total. The fraction of sp³-hybridized carbons (Fsp3) is 0.600. The number of hydrogen-bond donors (Lipinski definition) is 2. The molecule has 0 radical (unpaired) electrons. The average Bonchev–Trinajstić information content (AvgIpc) is 2.64. The van der Waals surface area contributed by atoms with Crippen LogP contribution in [0.25, 0.3) is 0 Å². The van der Waals surface area contributed by atoms with Crippen LogP contribution in [0.3, 0.4) is 0 Å². The van der Waals surface area contributed by atoms with Gasteiger partial charge in [0.2, 0.25) is 5.91 Å². The minimum Gasteiger partial charge on any atom is -0.481 e. The van der Waals surface area contributed by atoms with E-state index >= 15 is 0 Å². The van der Waals surface area contributed by atoms with Crippen LogP contribution in [0.1, 0.15) is 6.42 Å². The molecule has 0 aromatic rings. The SMILES string of the molecule is O=C(O)C1CC1C(=O)NI. The van der Waals surface area contributed by atoms with Gasteiger partial charge in [0.1, 0.15) is 0 Å². The Hall–Kier alpha value is -0.330. The Labute approximate surface area is 71.5 Å². The van der Waals surface area contributed by atoms with Crippen LogP contribution >= 0.6 is 22.9 Å². The third kappa shape index (κ3) is 1.39. The van der Waals surface area contributed by atoms with Gasteiger partial charge in [-0.2, -0.15) is 0 Å². The second-order valence-corrected chi connectivity index (χ2v) is 2.79. The number of halogens is 1. The van der Waals surface area contributed by atoms with E-state index < -0.39 is 11.9 Å². The third-order valence-electron chi connectivity index (χ3n) is 1.54. The first kappa shape index (κ1) is 7.77. The molecular weight excluding hydrogens is 249 g/mol. The quantitative estimate of drug-likeness (QED) is 0.546. The number of carbonyl (C=O) groups excluding carboxylic acids is 1. The van der Waals surface area contributed by atoms with Crippen molar-refractivity contribution in [2.24, 2.45) is 11.8 Å². The molecule has 1 fully saturated rings. The number of hydrogen-bond acceptors (Lipinski definition) is 2. The molecule has 0 aromatic heterocycles. The van der Waals surface area contributed by atoms with Crippen molar-refractivity contribution in [1.82, 2.24) is 3.53 Å². The maximum atomic E-state index is 10.7. The molecule has 0 spiro atoms. The van der Waals surface area contributed by atoms with Crippen molar-refractivity contribution in [2.75, 3.05) is 0 Å². The molecule has 1 saturated carbocycles. The Morgan fingerprint density at radius 1 is 1.50 bits per heavy atom. The molecule has 1 aliphatic carbocycles. The van der Waals surface area contributed by atoms with E-state index in [0.717, 1.165) is 0 Å². The van der Waals surface area contributed by atoms with Crippen molar-refractivity contribution in [2.45, 2.75) is 6.42 Å². The number of aliphatic carboxylic acids is 1. The molecule has 0 aliphatic heterocycles. The zero-order valence-corrected chi connectivity index (χ0v) is 7.16. The van der Waals surface area contributed by atoms with E-state index in [0.29, 0.717) is 6.42 Å². The Bertz CT molecular complexity index is 182. The van der Waals surface area contributed by atoms with E-state index in [1.54, 1.807) is 22.9 Å². The minimum atomic E-state index is -0.870. The zero-order chi connectivity index (χ0) is 7.72. The van der Waals surface area contributed by atoms with E-state index in [-0.39, 0.29) is 11.8 Å². The number of carboxylic acids is 1. The fourth-order valence-corrected chi connectivity index (χ4v) is 1.23. The smallest absolute Gasteiger partial charge is 0.307 e. The van der Waals surface area contributed by atoms with Gasteiger partial charge in [-0.25, -0.2) is 0 Å². The van der Waals surface area contributed by atoms with Gasteiger partial charge >= 0.3 is 5.97 Å². The Morgan fingerprint density at radius 3 is 2.40 bits per heavy atom. The van der Waals surface area contributed by atoms with Gasteiger partial charge < -0.3 is 5.11 Å². The lowest BCUT2D eigenvalue weighted by Gasteiger charge is -1.91. The maximum absolute atomic E-state index is 10.7. The molecule has 2 atom stereocenters. The highest BCUT2D eigenvalue weighted by Gasteiger charge is 2.48. The van der Waals surface area contributed by atoms with Crippen LogP contribution in [0.5, 0.6) is 0 Å². The lowest BCUT2D eigenvalue weighted by Crippen LogP contribution is -2.16. The first-order valence-electron chi connectivity index (χ1n) is 2.80. The van der Waals surface area contributed by atoms with Crippen molar-refractivity contribution < 1.29 is 14.7 Å². The maximum Gasteiger partial charge on any atom is 0.307 e. The molecule has 56 valence electrons. The highest BCUT2D eigenvalue weighted by atomic mass is 127. The Morgan fingerprint density at radius 2 is 2.10 bits per heavy atom. The first-order chi connectivity index (χ1) is 4.66. The summed E-state index contributed by atoms with van der Waals surface area (Å²) in [6.07, 6.45) is 0.490. The average molecular weight is 255 g/mol. The molecule has 0 saturated heterocycles. The van der Waals surface area contributed by atoms with Crippen molar-refractivity contribution in [3.05, 3.63) is 0 Å². The normalized spacial score (nSPS) is 29.3. The second-order valence-electron chi connectivity index (χ2n) is 2.25. The van der Waals surface area contributed by atoms with Crippen LogP contribution in [0, 0.1) is 11.8 Å². The van der Waals surface area contributed by atoms with E-state index in [9.17, 15) is 9.59 Å². The largest absolute Gasteiger partial charge is 0.481 e. The van der Waals surface area contributed by atoms with E-state index in [2.05, 4.69) is 3.53 Å². The van der Waals surface area contributed by atoms with Gasteiger partial charge in [-0.15, -0.1) is 0 Å². The lowest BCUT2D eigenvalue weighted by molar-refractivity contribution is -0.140. The third-order valence-corrected chi connectivity index (χ3v) is 2.07. The van der Waals surface area contributed by atoms with Crippen molar-refractivity contribution in [3.63, 3.8) is 0 Å². The standard InChI is InChI=1S/C5H6INO3/c6-7-4(8)2-1-3(2)5(9)10/h2-3H,1H2,(H,7,8)(H,9,10). The molecule has 4 nitrogen and oxygen atoms in total. The molecule has 1 aliphatic rings. The van der Waals surface area contributed by atoms with Crippen molar-refractivity contribution >= 4 is 34.7 Å². The second kappa shape index (κ2) is 2.73. The molecule has 0 aromatic carbocycles. The number of nitrogens with one attached hydrogen (secondary N) is 1. The molecule has 1 rings (SSSR count). The van der Waals surface area contributed by atoms with Gasteiger partial charge in [0, 0.05) is 0 Å². The van der Waals surface area contributed by atoms with Crippen LogP contribution in [-0.4, -0.2) is 17.0 Å². The highest BCUT2D eigenvalue weighted by molar-refractivity contribution is 14.1. The number of carbonyl (C=O) groups is 2. The topological polar surface area (TPSA) is 66.4 Å². The first-order valence-corrected chi connectivity index (χ1v) is 3.88. The predicted octanol–water partition coefficient (Wildman–Crippen LogP) is 0.173. The summed E-state index contributed by atoms with van der Waals surface area (Å²) in [4.78, 5) is 20.9. The summed E-state index contributed by atoms with van der Waals surface area (Å²) < 4.78 is 2.38. The molecule has 0 bridgehead atoms. The fourth-order valence-electron chi connectivity index (χ4n) is 0.828.